The van der Waals surface area contributed by atoms with E-state index in [4.69, 9.17) is 19.4 Å². The standard InChI is InChI=1S/C33H19BrN4O/c34-22-9-7-8-20(18-22)31-35-32(21-16-17-26-25-12-3-6-15-29(25)39-30(26)19-21)37-33(36-31)38-27-13-4-1-10-23(27)24-11-2-5-14-28(24)38/h1-19H. The molecule has 0 aliphatic heterocycles. The number of furan rings is 1. The van der Waals surface area contributed by atoms with Crippen molar-refractivity contribution >= 4 is 59.7 Å². The zero-order chi connectivity index (χ0) is 25.9. The highest BCUT2D eigenvalue weighted by molar-refractivity contribution is 9.10. The monoisotopic (exact) mass is 566 g/mol. The molecular weight excluding hydrogens is 548 g/mol. The van der Waals surface area contributed by atoms with Crippen molar-refractivity contribution in [2.45, 2.75) is 0 Å². The van der Waals surface area contributed by atoms with Gasteiger partial charge in [-0.2, -0.15) is 9.97 Å². The zero-order valence-electron chi connectivity index (χ0n) is 20.5. The SMILES string of the molecule is Brc1cccc(-c2nc(-c3ccc4c(c3)oc3ccccc34)nc(-n3c4ccccc4c4ccccc43)n2)c1. The summed E-state index contributed by atoms with van der Waals surface area (Å²) in [4.78, 5) is 15.0. The molecule has 0 atom stereocenters. The topological polar surface area (TPSA) is 56.7 Å². The Labute approximate surface area is 231 Å². The third-order valence-corrected chi connectivity index (χ3v) is 7.62. The van der Waals surface area contributed by atoms with Gasteiger partial charge in [-0.05, 0) is 42.5 Å². The molecule has 5 nitrogen and oxygen atoms in total. The number of para-hydroxylation sites is 3. The molecule has 184 valence electrons. The molecule has 0 aliphatic carbocycles. The Kier molecular flexibility index (Phi) is 4.90. The molecule has 3 heterocycles. The third kappa shape index (κ3) is 3.56. The maximum Gasteiger partial charge on any atom is 0.238 e. The van der Waals surface area contributed by atoms with Crippen LogP contribution in [0.15, 0.2) is 124 Å². The van der Waals surface area contributed by atoms with Crippen LogP contribution < -0.4 is 0 Å². The lowest BCUT2D eigenvalue weighted by Gasteiger charge is -2.11. The van der Waals surface area contributed by atoms with Gasteiger partial charge in [0.1, 0.15) is 11.2 Å². The quantitative estimate of drug-likeness (QED) is 0.214. The average molecular weight is 567 g/mol. The van der Waals surface area contributed by atoms with Gasteiger partial charge >= 0.3 is 0 Å². The lowest BCUT2D eigenvalue weighted by atomic mass is 10.1. The molecule has 0 fully saturated rings. The Bertz CT molecular complexity index is 2160. The van der Waals surface area contributed by atoms with E-state index in [2.05, 4.69) is 75.1 Å². The molecule has 8 aromatic rings. The van der Waals surface area contributed by atoms with Gasteiger partial charge < -0.3 is 4.42 Å². The summed E-state index contributed by atoms with van der Waals surface area (Å²) < 4.78 is 9.26. The van der Waals surface area contributed by atoms with Crippen molar-refractivity contribution in [2.24, 2.45) is 0 Å². The maximum atomic E-state index is 6.18. The summed E-state index contributed by atoms with van der Waals surface area (Å²) in [6, 6.07) is 39.0. The smallest absolute Gasteiger partial charge is 0.238 e. The first-order valence-electron chi connectivity index (χ1n) is 12.7. The fourth-order valence-corrected chi connectivity index (χ4v) is 5.75. The van der Waals surface area contributed by atoms with E-state index in [1.807, 2.05) is 60.7 Å². The fourth-order valence-electron chi connectivity index (χ4n) is 5.35. The number of benzene rings is 5. The summed E-state index contributed by atoms with van der Waals surface area (Å²) in [7, 11) is 0. The van der Waals surface area contributed by atoms with Gasteiger partial charge in [0, 0.05) is 37.1 Å². The van der Waals surface area contributed by atoms with Gasteiger partial charge in [-0.15, -0.1) is 0 Å². The lowest BCUT2D eigenvalue weighted by molar-refractivity contribution is 0.669. The number of hydrogen-bond acceptors (Lipinski definition) is 4. The van der Waals surface area contributed by atoms with E-state index in [0.717, 1.165) is 59.3 Å². The average Bonchev–Trinajstić information content (AvgIpc) is 3.52. The van der Waals surface area contributed by atoms with Crippen molar-refractivity contribution in [3.05, 3.63) is 120 Å². The number of hydrogen-bond donors (Lipinski definition) is 0. The van der Waals surface area contributed by atoms with Crippen LogP contribution in [-0.4, -0.2) is 19.5 Å². The first-order chi connectivity index (χ1) is 19.2. The highest BCUT2D eigenvalue weighted by Crippen LogP contribution is 2.34. The van der Waals surface area contributed by atoms with E-state index in [-0.39, 0.29) is 0 Å². The van der Waals surface area contributed by atoms with Crippen LogP contribution in [0.25, 0.3) is 72.5 Å². The summed E-state index contributed by atoms with van der Waals surface area (Å²) >= 11 is 3.60. The summed E-state index contributed by atoms with van der Waals surface area (Å²) in [6.45, 7) is 0. The summed E-state index contributed by atoms with van der Waals surface area (Å²) in [5.41, 5.74) is 5.52. The summed E-state index contributed by atoms with van der Waals surface area (Å²) in [5.74, 6) is 1.75. The van der Waals surface area contributed by atoms with Crippen molar-refractivity contribution in [3.63, 3.8) is 0 Å². The molecule has 5 aromatic carbocycles. The molecule has 0 amide bonds. The van der Waals surface area contributed by atoms with Crippen LogP contribution in [0, 0.1) is 0 Å². The van der Waals surface area contributed by atoms with E-state index < -0.39 is 0 Å². The van der Waals surface area contributed by atoms with Gasteiger partial charge in [0.05, 0.1) is 11.0 Å². The molecule has 8 rings (SSSR count). The van der Waals surface area contributed by atoms with Crippen LogP contribution in [0.2, 0.25) is 0 Å². The minimum absolute atomic E-state index is 0.567. The third-order valence-electron chi connectivity index (χ3n) is 7.12. The molecular formula is C33H19BrN4O. The molecule has 0 bridgehead atoms. The molecule has 0 unspecified atom stereocenters. The minimum atomic E-state index is 0.567. The van der Waals surface area contributed by atoms with Crippen molar-refractivity contribution < 1.29 is 4.42 Å². The van der Waals surface area contributed by atoms with Crippen molar-refractivity contribution in [2.75, 3.05) is 0 Å². The molecule has 0 saturated carbocycles. The van der Waals surface area contributed by atoms with Gasteiger partial charge in [0.15, 0.2) is 11.6 Å². The molecule has 0 N–H and O–H groups in total. The lowest BCUT2D eigenvalue weighted by Crippen LogP contribution is -2.06. The second-order valence-electron chi connectivity index (χ2n) is 9.47. The van der Waals surface area contributed by atoms with Crippen LogP contribution in [0.5, 0.6) is 0 Å². The van der Waals surface area contributed by atoms with E-state index in [1.165, 1.54) is 0 Å². The molecule has 0 aliphatic rings. The number of halogens is 1. The molecule has 0 radical (unpaired) electrons. The predicted molar refractivity (Wildman–Crippen MR) is 160 cm³/mol. The minimum Gasteiger partial charge on any atom is -0.456 e. The van der Waals surface area contributed by atoms with Crippen molar-refractivity contribution in [1.29, 1.82) is 0 Å². The normalized spacial score (nSPS) is 11.7. The molecule has 6 heteroatoms. The molecule has 0 spiro atoms. The van der Waals surface area contributed by atoms with Gasteiger partial charge in [0.2, 0.25) is 5.95 Å². The highest BCUT2D eigenvalue weighted by atomic mass is 79.9. The van der Waals surface area contributed by atoms with Crippen LogP contribution in [-0.2, 0) is 0 Å². The summed E-state index contributed by atoms with van der Waals surface area (Å²) in [6.07, 6.45) is 0. The largest absolute Gasteiger partial charge is 0.456 e. The second kappa shape index (κ2) is 8.61. The first-order valence-corrected chi connectivity index (χ1v) is 13.4. The molecule has 0 saturated heterocycles. The predicted octanol–water partition coefficient (Wildman–Crippen LogP) is 8.96. The Hall–Kier alpha value is -4.81. The van der Waals surface area contributed by atoms with Gasteiger partial charge in [-0.3, -0.25) is 4.57 Å². The van der Waals surface area contributed by atoms with E-state index >= 15 is 0 Å². The second-order valence-corrected chi connectivity index (χ2v) is 10.4. The highest BCUT2D eigenvalue weighted by Gasteiger charge is 2.18. The van der Waals surface area contributed by atoms with Crippen LogP contribution in [0.4, 0.5) is 0 Å². The number of fused-ring (bicyclic) bond motifs is 6. The van der Waals surface area contributed by atoms with E-state index in [1.54, 1.807) is 0 Å². The molecule has 39 heavy (non-hydrogen) atoms. The Morgan fingerprint density at radius 3 is 1.85 bits per heavy atom. The van der Waals surface area contributed by atoms with E-state index in [0.29, 0.717) is 17.6 Å². The number of aromatic nitrogens is 4. The Morgan fingerprint density at radius 2 is 1.13 bits per heavy atom. The number of rotatable bonds is 3. The van der Waals surface area contributed by atoms with Crippen LogP contribution in [0.3, 0.4) is 0 Å². The van der Waals surface area contributed by atoms with Gasteiger partial charge in [-0.1, -0.05) is 88.7 Å². The van der Waals surface area contributed by atoms with Gasteiger partial charge in [-0.25, -0.2) is 4.98 Å². The van der Waals surface area contributed by atoms with E-state index in [9.17, 15) is 0 Å². The first kappa shape index (κ1) is 22.2. The molecule has 3 aromatic heterocycles. The Morgan fingerprint density at radius 1 is 0.513 bits per heavy atom. The fraction of sp³-hybridized carbons (Fsp3) is 0. The summed E-state index contributed by atoms with van der Waals surface area (Å²) in [5, 5.41) is 4.47. The number of nitrogens with zero attached hydrogens (tertiary/aromatic N) is 4. The maximum absolute atomic E-state index is 6.18. The van der Waals surface area contributed by atoms with Crippen molar-refractivity contribution in [3.8, 4) is 28.7 Å². The van der Waals surface area contributed by atoms with Crippen LogP contribution >= 0.6 is 15.9 Å². The van der Waals surface area contributed by atoms with Gasteiger partial charge in [0.25, 0.3) is 0 Å². The van der Waals surface area contributed by atoms with Crippen LogP contribution in [0.1, 0.15) is 0 Å². The Balaban J connectivity index is 1.42. The van der Waals surface area contributed by atoms with Crippen molar-refractivity contribution in [1.82, 2.24) is 19.5 Å². The zero-order valence-corrected chi connectivity index (χ0v) is 22.1.